The zero-order valence-electron chi connectivity index (χ0n) is 12.3. The molecule has 3 N–H and O–H groups in total. The Morgan fingerprint density at radius 1 is 1.45 bits per heavy atom. The van der Waals surface area contributed by atoms with Crippen molar-refractivity contribution in [1.82, 2.24) is 0 Å². The Morgan fingerprint density at radius 3 is 2.90 bits per heavy atom. The molecule has 4 nitrogen and oxygen atoms in total. The zero-order chi connectivity index (χ0) is 14.8. The first-order valence-corrected chi connectivity index (χ1v) is 6.92. The van der Waals surface area contributed by atoms with Crippen LogP contribution in [0.3, 0.4) is 0 Å². The molecule has 1 aromatic carbocycles. The standard InChI is InChI=1S/C16H22N2O2/c1-11-15(19)18-13-10-12(7-8-14(13)20-11)6-4-5-9-16(2,3)17/h4,6-8,10-11H,5,9,17H2,1-3H3,(H,18,19)/b6-4+. The monoisotopic (exact) mass is 274 g/mol. The van der Waals surface area contributed by atoms with Crippen molar-refractivity contribution < 1.29 is 9.53 Å². The summed E-state index contributed by atoms with van der Waals surface area (Å²) in [5, 5.41) is 2.85. The molecule has 1 amide bonds. The molecule has 0 aliphatic carbocycles. The summed E-state index contributed by atoms with van der Waals surface area (Å²) in [7, 11) is 0. The summed E-state index contributed by atoms with van der Waals surface area (Å²) < 4.78 is 5.52. The number of hydrogen-bond donors (Lipinski definition) is 2. The number of anilines is 1. The van der Waals surface area contributed by atoms with Gasteiger partial charge < -0.3 is 15.8 Å². The molecule has 1 heterocycles. The fourth-order valence-electron chi connectivity index (χ4n) is 2.00. The van der Waals surface area contributed by atoms with Gasteiger partial charge in [-0.05, 0) is 51.3 Å². The summed E-state index contributed by atoms with van der Waals surface area (Å²) in [6, 6.07) is 5.79. The molecule has 0 fully saturated rings. The number of nitrogens with one attached hydrogen (secondary N) is 1. The van der Waals surface area contributed by atoms with Gasteiger partial charge in [0, 0.05) is 5.54 Å². The number of amides is 1. The molecule has 2 rings (SSSR count). The highest BCUT2D eigenvalue weighted by atomic mass is 16.5. The number of hydrogen-bond acceptors (Lipinski definition) is 3. The van der Waals surface area contributed by atoms with Crippen LogP contribution in [-0.4, -0.2) is 17.6 Å². The van der Waals surface area contributed by atoms with Crippen LogP contribution in [0.5, 0.6) is 5.75 Å². The van der Waals surface area contributed by atoms with Gasteiger partial charge in [0.25, 0.3) is 5.91 Å². The van der Waals surface area contributed by atoms with Crippen LogP contribution in [0.15, 0.2) is 24.3 Å². The molecule has 0 radical (unpaired) electrons. The minimum atomic E-state index is -0.435. The smallest absolute Gasteiger partial charge is 0.265 e. The van der Waals surface area contributed by atoms with Crippen molar-refractivity contribution in [3.8, 4) is 5.75 Å². The number of carbonyl (C=O) groups is 1. The van der Waals surface area contributed by atoms with Gasteiger partial charge in [-0.2, -0.15) is 0 Å². The van der Waals surface area contributed by atoms with Gasteiger partial charge in [0.2, 0.25) is 0 Å². The molecule has 108 valence electrons. The van der Waals surface area contributed by atoms with Crippen LogP contribution in [0.1, 0.15) is 39.2 Å². The molecule has 1 atom stereocenters. The zero-order valence-corrected chi connectivity index (χ0v) is 12.3. The molecule has 0 aromatic heterocycles. The number of rotatable bonds is 4. The number of carbonyl (C=O) groups excluding carboxylic acids is 1. The van der Waals surface area contributed by atoms with E-state index in [1.165, 1.54) is 0 Å². The Balaban J connectivity index is 2.03. The molecular weight excluding hydrogens is 252 g/mol. The molecule has 1 aliphatic rings. The van der Waals surface area contributed by atoms with E-state index >= 15 is 0 Å². The predicted molar refractivity (Wildman–Crippen MR) is 81.7 cm³/mol. The number of allylic oxidation sites excluding steroid dienone is 1. The van der Waals surface area contributed by atoms with Crippen LogP contribution in [0.25, 0.3) is 6.08 Å². The normalized spacial score (nSPS) is 18.6. The molecule has 1 aromatic rings. The Bertz CT molecular complexity index is 530. The maximum absolute atomic E-state index is 11.6. The van der Waals surface area contributed by atoms with E-state index in [0.29, 0.717) is 0 Å². The molecular formula is C16H22N2O2. The Kier molecular flexibility index (Phi) is 4.14. The number of fused-ring (bicyclic) bond motifs is 1. The van der Waals surface area contributed by atoms with E-state index in [-0.39, 0.29) is 11.4 Å². The summed E-state index contributed by atoms with van der Waals surface area (Å²) in [5.74, 6) is 0.612. The first kappa shape index (κ1) is 14.6. The van der Waals surface area contributed by atoms with Gasteiger partial charge in [-0.25, -0.2) is 0 Å². The van der Waals surface area contributed by atoms with E-state index in [1.807, 2.05) is 38.1 Å². The number of benzene rings is 1. The average molecular weight is 274 g/mol. The minimum Gasteiger partial charge on any atom is -0.479 e. The second-order valence-corrected chi connectivity index (χ2v) is 5.93. The summed E-state index contributed by atoms with van der Waals surface area (Å²) >= 11 is 0. The fraction of sp³-hybridized carbons (Fsp3) is 0.438. The molecule has 20 heavy (non-hydrogen) atoms. The van der Waals surface area contributed by atoms with Gasteiger partial charge in [-0.1, -0.05) is 18.2 Å². The third-order valence-corrected chi connectivity index (χ3v) is 3.20. The molecule has 1 unspecified atom stereocenters. The minimum absolute atomic E-state index is 0.108. The van der Waals surface area contributed by atoms with Gasteiger partial charge in [0.15, 0.2) is 6.10 Å². The van der Waals surface area contributed by atoms with Gasteiger partial charge in [0.05, 0.1) is 5.69 Å². The first-order valence-electron chi connectivity index (χ1n) is 6.92. The van der Waals surface area contributed by atoms with Crippen molar-refractivity contribution in [3.63, 3.8) is 0 Å². The molecule has 1 aliphatic heterocycles. The van der Waals surface area contributed by atoms with E-state index in [9.17, 15) is 4.79 Å². The molecule has 0 saturated carbocycles. The van der Waals surface area contributed by atoms with Gasteiger partial charge in [0.1, 0.15) is 5.75 Å². The number of nitrogens with two attached hydrogens (primary N) is 1. The lowest BCUT2D eigenvalue weighted by Crippen LogP contribution is -2.34. The van der Waals surface area contributed by atoms with E-state index in [0.717, 1.165) is 29.8 Å². The van der Waals surface area contributed by atoms with Crippen molar-refractivity contribution in [2.75, 3.05) is 5.32 Å². The summed E-state index contributed by atoms with van der Waals surface area (Å²) in [6.45, 7) is 5.78. The molecule has 4 heteroatoms. The Labute approximate surface area is 120 Å². The van der Waals surface area contributed by atoms with Crippen LogP contribution in [0, 0.1) is 0 Å². The topological polar surface area (TPSA) is 64.3 Å². The van der Waals surface area contributed by atoms with Crippen LogP contribution < -0.4 is 15.8 Å². The van der Waals surface area contributed by atoms with Crippen molar-refractivity contribution >= 4 is 17.7 Å². The lowest BCUT2D eigenvalue weighted by molar-refractivity contribution is -0.122. The second-order valence-electron chi connectivity index (χ2n) is 5.93. The first-order chi connectivity index (χ1) is 9.35. The second kappa shape index (κ2) is 5.67. The van der Waals surface area contributed by atoms with Crippen LogP contribution >= 0.6 is 0 Å². The SMILES string of the molecule is CC1Oc2ccc(/C=C/CCC(C)(C)N)cc2NC1=O. The Hall–Kier alpha value is -1.81. The van der Waals surface area contributed by atoms with Crippen molar-refractivity contribution in [2.24, 2.45) is 5.73 Å². The third kappa shape index (κ3) is 3.84. The van der Waals surface area contributed by atoms with Crippen molar-refractivity contribution in [3.05, 3.63) is 29.8 Å². The van der Waals surface area contributed by atoms with Crippen molar-refractivity contribution in [2.45, 2.75) is 45.3 Å². The highest BCUT2D eigenvalue weighted by Gasteiger charge is 2.23. The largest absolute Gasteiger partial charge is 0.479 e. The predicted octanol–water partition coefficient (Wildman–Crippen LogP) is 2.94. The number of ether oxygens (including phenoxy) is 1. The van der Waals surface area contributed by atoms with Crippen molar-refractivity contribution in [1.29, 1.82) is 0 Å². The average Bonchev–Trinajstić information content (AvgIpc) is 2.35. The summed E-state index contributed by atoms with van der Waals surface area (Å²) in [4.78, 5) is 11.6. The quantitative estimate of drug-likeness (QED) is 0.887. The van der Waals surface area contributed by atoms with E-state index in [2.05, 4.69) is 11.4 Å². The van der Waals surface area contributed by atoms with Crippen LogP contribution in [0.4, 0.5) is 5.69 Å². The molecule has 0 spiro atoms. The highest BCUT2D eigenvalue weighted by Crippen LogP contribution is 2.30. The maximum atomic E-state index is 11.6. The lowest BCUT2D eigenvalue weighted by atomic mass is 10.00. The van der Waals surface area contributed by atoms with Gasteiger partial charge in [-0.3, -0.25) is 4.79 Å². The molecule has 0 saturated heterocycles. The fourth-order valence-corrected chi connectivity index (χ4v) is 2.00. The molecule has 0 bridgehead atoms. The Morgan fingerprint density at radius 2 is 2.20 bits per heavy atom. The lowest BCUT2D eigenvalue weighted by Gasteiger charge is -2.23. The van der Waals surface area contributed by atoms with Crippen LogP contribution in [0.2, 0.25) is 0 Å². The van der Waals surface area contributed by atoms with E-state index < -0.39 is 6.10 Å². The van der Waals surface area contributed by atoms with E-state index in [1.54, 1.807) is 6.92 Å². The summed E-state index contributed by atoms with van der Waals surface area (Å²) in [5.41, 5.74) is 7.57. The van der Waals surface area contributed by atoms with Gasteiger partial charge >= 0.3 is 0 Å². The third-order valence-electron chi connectivity index (χ3n) is 3.20. The summed E-state index contributed by atoms with van der Waals surface area (Å²) in [6.07, 6.45) is 5.57. The van der Waals surface area contributed by atoms with Crippen LogP contribution in [-0.2, 0) is 4.79 Å². The highest BCUT2D eigenvalue weighted by molar-refractivity contribution is 5.97. The van der Waals surface area contributed by atoms with E-state index in [4.69, 9.17) is 10.5 Å². The maximum Gasteiger partial charge on any atom is 0.265 e. The van der Waals surface area contributed by atoms with Gasteiger partial charge in [-0.15, -0.1) is 0 Å².